The van der Waals surface area contributed by atoms with E-state index >= 15 is 0 Å². The third-order valence-corrected chi connectivity index (χ3v) is 4.38. The number of nitrogens with one attached hydrogen (secondary N) is 1. The third kappa shape index (κ3) is 3.65. The van der Waals surface area contributed by atoms with Gasteiger partial charge in [-0.15, -0.1) is 0 Å². The molecule has 0 aliphatic carbocycles. The van der Waals surface area contributed by atoms with Crippen LogP contribution in [0, 0.1) is 20.8 Å². The van der Waals surface area contributed by atoms with E-state index in [0.29, 0.717) is 16.5 Å². The molecule has 0 aliphatic rings. The van der Waals surface area contributed by atoms with Gasteiger partial charge in [0.15, 0.2) is 17.4 Å². The maximum absolute atomic E-state index is 12.0. The van der Waals surface area contributed by atoms with E-state index in [-0.39, 0.29) is 12.5 Å². The maximum atomic E-state index is 12.0. The fraction of sp³-hybridized carbons (Fsp3) is 0.235. The van der Waals surface area contributed by atoms with Gasteiger partial charge in [0, 0.05) is 5.69 Å². The Balaban J connectivity index is 1.67. The minimum absolute atomic E-state index is 0.0508. The number of carbonyl (C=O) groups is 1. The predicted molar refractivity (Wildman–Crippen MR) is 92.2 cm³/mol. The van der Waals surface area contributed by atoms with Gasteiger partial charge in [-0.1, -0.05) is 23.5 Å². The molecule has 3 aromatic rings. The lowest BCUT2D eigenvalue weighted by Crippen LogP contribution is -2.20. The summed E-state index contributed by atoms with van der Waals surface area (Å²) in [6.45, 7) is 5.87. The van der Waals surface area contributed by atoms with Crippen LogP contribution in [0.2, 0.25) is 0 Å². The molecule has 5 nitrogen and oxygen atoms in total. The number of hydrogen-bond donors (Lipinski definition) is 1. The summed E-state index contributed by atoms with van der Waals surface area (Å²) in [6, 6.07) is 9.60. The predicted octanol–water partition coefficient (Wildman–Crippen LogP) is 3.63. The fourth-order valence-electron chi connectivity index (χ4n) is 2.29. The summed E-state index contributed by atoms with van der Waals surface area (Å²) in [5, 5.41) is 3.31. The molecule has 0 aliphatic heterocycles. The van der Waals surface area contributed by atoms with Crippen LogP contribution in [-0.4, -0.2) is 22.5 Å². The molecule has 1 amide bonds. The van der Waals surface area contributed by atoms with Crippen molar-refractivity contribution in [2.75, 3.05) is 11.9 Å². The van der Waals surface area contributed by atoms with Crippen LogP contribution in [0.25, 0.3) is 10.3 Å². The first kappa shape index (κ1) is 15.4. The highest BCUT2D eigenvalue weighted by molar-refractivity contribution is 7.22. The molecular formula is C17H17N3O2S. The molecule has 1 aromatic carbocycles. The Morgan fingerprint density at radius 2 is 2.04 bits per heavy atom. The fourth-order valence-corrected chi connectivity index (χ4v) is 3.18. The standard InChI is InChI=1S/C17H17N3O2S/c1-10-5-4-6-13(7-10)22-9-14(21)19-17-20-16-15(23-17)11(2)8-12(3)18-16/h4-8H,9H2,1-3H3,(H,18,19,20,21). The number of amides is 1. The van der Waals surface area contributed by atoms with E-state index in [0.717, 1.165) is 21.5 Å². The van der Waals surface area contributed by atoms with Crippen LogP contribution in [0.5, 0.6) is 5.75 Å². The summed E-state index contributed by atoms with van der Waals surface area (Å²) < 4.78 is 6.48. The summed E-state index contributed by atoms with van der Waals surface area (Å²) in [5.74, 6) is 0.442. The second-order valence-corrected chi connectivity index (χ2v) is 6.40. The summed E-state index contributed by atoms with van der Waals surface area (Å²) in [5.41, 5.74) is 3.79. The van der Waals surface area contributed by atoms with E-state index < -0.39 is 0 Å². The Kier molecular flexibility index (Phi) is 4.25. The van der Waals surface area contributed by atoms with E-state index in [9.17, 15) is 4.79 Å². The number of fused-ring (bicyclic) bond motifs is 1. The molecule has 0 saturated carbocycles. The SMILES string of the molecule is Cc1cccc(OCC(=O)Nc2nc3nc(C)cc(C)c3s2)c1. The molecule has 0 radical (unpaired) electrons. The molecular weight excluding hydrogens is 310 g/mol. The molecule has 118 valence electrons. The molecule has 0 fully saturated rings. The number of ether oxygens (including phenoxy) is 1. The average molecular weight is 327 g/mol. The molecule has 3 rings (SSSR count). The zero-order valence-electron chi connectivity index (χ0n) is 13.2. The quantitative estimate of drug-likeness (QED) is 0.794. The Morgan fingerprint density at radius 3 is 2.83 bits per heavy atom. The minimum atomic E-state index is -0.236. The molecule has 0 saturated heterocycles. The van der Waals surface area contributed by atoms with E-state index in [2.05, 4.69) is 15.3 Å². The van der Waals surface area contributed by atoms with Gasteiger partial charge in [0.2, 0.25) is 0 Å². The molecule has 2 heterocycles. The van der Waals surface area contributed by atoms with Crippen LogP contribution in [-0.2, 0) is 4.79 Å². The van der Waals surface area contributed by atoms with Gasteiger partial charge in [-0.25, -0.2) is 4.98 Å². The van der Waals surface area contributed by atoms with Crippen molar-refractivity contribution in [2.45, 2.75) is 20.8 Å². The summed E-state index contributed by atoms with van der Waals surface area (Å²) in [6.07, 6.45) is 0. The van der Waals surface area contributed by atoms with Gasteiger partial charge in [0.1, 0.15) is 5.75 Å². The lowest BCUT2D eigenvalue weighted by molar-refractivity contribution is -0.118. The van der Waals surface area contributed by atoms with Gasteiger partial charge in [-0.2, -0.15) is 4.98 Å². The Hall–Kier alpha value is -2.47. The zero-order valence-corrected chi connectivity index (χ0v) is 14.0. The first-order valence-corrected chi connectivity index (χ1v) is 8.07. The van der Waals surface area contributed by atoms with Crippen molar-refractivity contribution in [3.05, 3.63) is 47.2 Å². The number of aryl methyl sites for hydroxylation is 3. The van der Waals surface area contributed by atoms with Crippen molar-refractivity contribution in [3.8, 4) is 5.75 Å². The smallest absolute Gasteiger partial charge is 0.264 e. The van der Waals surface area contributed by atoms with Crippen molar-refractivity contribution in [1.82, 2.24) is 9.97 Å². The zero-order chi connectivity index (χ0) is 16.4. The van der Waals surface area contributed by atoms with E-state index in [4.69, 9.17) is 4.74 Å². The first-order chi connectivity index (χ1) is 11.0. The highest BCUT2D eigenvalue weighted by Crippen LogP contribution is 2.27. The first-order valence-electron chi connectivity index (χ1n) is 7.25. The normalized spacial score (nSPS) is 10.7. The van der Waals surface area contributed by atoms with Gasteiger partial charge in [0.25, 0.3) is 5.91 Å². The van der Waals surface area contributed by atoms with Crippen LogP contribution in [0.1, 0.15) is 16.8 Å². The van der Waals surface area contributed by atoms with Gasteiger partial charge >= 0.3 is 0 Å². The Morgan fingerprint density at radius 1 is 1.22 bits per heavy atom. The van der Waals surface area contributed by atoms with Crippen molar-refractivity contribution in [2.24, 2.45) is 0 Å². The lowest BCUT2D eigenvalue weighted by Gasteiger charge is -2.06. The molecule has 23 heavy (non-hydrogen) atoms. The van der Waals surface area contributed by atoms with Crippen molar-refractivity contribution in [1.29, 1.82) is 0 Å². The van der Waals surface area contributed by atoms with Crippen LogP contribution in [0.15, 0.2) is 30.3 Å². The minimum Gasteiger partial charge on any atom is -0.484 e. The number of thiazole rings is 1. The van der Waals surface area contributed by atoms with Gasteiger partial charge in [-0.05, 0) is 50.1 Å². The van der Waals surface area contributed by atoms with Crippen LogP contribution in [0.3, 0.4) is 0 Å². The molecule has 0 spiro atoms. The number of hydrogen-bond acceptors (Lipinski definition) is 5. The highest BCUT2D eigenvalue weighted by Gasteiger charge is 2.11. The Bertz CT molecular complexity index is 873. The number of benzene rings is 1. The van der Waals surface area contributed by atoms with E-state index in [1.54, 1.807) is 0 Å². The Labute approximate surface area is 138 Å². The third-order valence-electron chi connectivity index (χ3n) is 3.28. The molecule has 6 heteroatoms. The van der Waals surface area contributed by atoms with E-state index in [1.807, 2.05) is 51.1 Å². The topological polar surface area (TPSA) is 64.1 Å². The lowest BCUT2D eigenvalue weighted by atomic mass is 10.2. The van der Waals surface area contributed by atoms with Crippen molar-refractivity contribution in [3.63, 3.8) is 0 Å². The van der Waals surface area contributed by atoms with Crippen LogP contribution in [0.4, 0.5) is 5.13 Å². The van der Waals surface area contributed by atoms with Crippen LogP contribution >= 0.6 is 11.3 Å². The average Bonchev–Trinajstić information content (AvgIpc) is 2.88. The molecule has 0 unspecified atom stereocenters. The molecule has 0 atom stereocenters. The summed E-state index contributed by atoms with van der Waals surface area (Å²) in [7, 11) is 0. The molecule has 1 N–H and O–H groups in total. The van der Waals surface area contributed by atoms with Crippen molar-refractivity contribution < 1.29 is 9.53 Å². The number of nitrogens with zero attached hydrogens (tertiary/aromatic N) is 2. The van der Waals surface area contributed by atoms with Crippen molar-refractivity contribution >= 4 is 32.7 Å². The number of aromatic nitrogens is 2. The second-order valence-electron chi connectivity index (χ2n) is 5.41. The van der Waals surface area contributed by atoms with Crippen LogP contribution < -0.4 is 10.1 Å². The number of pyridine rings is 1. The molecule has 0 bridgehead atoms. The van der Waals surface area contributed by atoms with Gasteiger partial charge in [-0.3, -0.25) is 10.1 Å². The monoisotopic (exact) mass is 327 g/mol. The van der Waals surface area contributed by atoms with E-state index in [1.165, 1.54) is 11.3 Å². The largest absolute Gasteiger partial charge is 0.484 e. The van der Waals surface area contributed by atoms with Gasteiger partial charge in [0.05, 0.1) is 4.70 Å². The number of anilines is 1. The van der Waals surface area contributed by atoms with Gasteiger partial charge < -0.3 is 4.74 Å². The maximum Gasteiger partial charge on any atom is 0.264 e. The summed E-state index contributed by atoms with van der Waals surface area (Å²) in [4.78, 5) is 20.8. The summed E-state index contributed by atoms with van der Waals surface area (Å²) >= 11 is 1.42. The molecule has 2 aromatic heterocycles. The number of rotatable bonds is 4. The highest BCUT2D eigenvalue weighted by atomic mass is 32.1. The number of carbonyl (C=O) groups excluding carboxylic acids is 1. The second kappa shape index (κ2) is 6.34.